The highest BCUT2D eigenvalue weighted by atomic mass is 16.7. The molecule has 0 aromatic heterocycles. The maximum Gasteiger partial charge on any atom is 0.197 e. The van der Waals surface area contributed by atoms with Gasteiger partial charge in [0.2, 0.25) is 0 Å². The fourth-order valence-corrected chi connectivity index (χ4v) is 5.59. The smallest absolute Gasteiger partial charge is 0.197 e. The highest BCUT2D eigenvalue weighted by Gasteiger charge is 2.30. The van der Waals surface area contributed by atoms with Crippen LogP contribution in [0.5, 0.6) is 5.75 Å². The maximum atomic E-state index is 6.28. The molecule has 2 aromatic rings. The molecule has 2 unspecified atom stereocenters. The van der Waals surface area contributed by atoms with E-state index in [0.29, 0.717) is 11.8 Å². The molecule has 0 aliphatic heterocycles. The van der Waals surface area contributed by atoms with Gasteiger partial charge in [-0.2, -0.15) is 0 Å². The Bertz CT molecular complexity index is 796. The van der Waals surface area contributed by atoms with E-state index in [4.69, 9.17) is 9.47 Å². The lowest BCUT2D eigenvalue weighted by Gasteiger charge is -2.35. The highest BCUT2D eigenvalue weighted by Crippen LogP contribution is 2.44. The fraction of sp³-hybridized carbons (Fsp3) is 0.643. The van der Waals surface area contributed by atoms with Crippen molar-refractivity contribution < 1.29 is 9.47 Å². The summed E-state index contributed by atoms with van der Waals surface area (Å²) in [6, 6.07) is 13.1. The quantitative estimate of drug-likeness (QED) is 0.407. The first-order chi connectivity index (χ1) is 14.3. The second kappa shape index (κ2) is 10.2. The third-order valence-electron chi connectivity index (χ3n) is 6.75. The molecule has 0 amide bonds. The van der Waals surface area contributed by atoms with Crippen LogP contribution < -0.4 is 4.74 Å². The zero-order valence-electron chi connectivity index (χ0n) is 20.0. The predicted molar refractivity (Wildman–Crippen MR) is 128 cm³/mol. The van der Waals surface area contributed by atoms with Gasteiger partial charge in [-0.05, 0) is 53.5 Å². The molecule has 0 bridgehead atoms. The standard InChI is InChI=1S/C28H42O2/c1-20(2)27(28(4,5)6)25-16-10-15-24-23(25)14-11-17-26(24)30-21(3)29-19-18-22-12-8-7-9-13-22/h10-11,14-17,20-22,27H,7-9,12-13,18-19H2,1-6H3. The zero-order chi connectivity index (χ0) is 21.7. The van der Waals surface area contributed by atoms with Crippen molar-refractivity contribution in [2.24, 2.45) is 17.3 Å². The molecule has 0 N–H and O–H groups in total. The van der Waals surface area contributed by atoms with E-state index in [2.05, 4.69) is 71.0 Å². The molecule has 2 nitrogen and oxygen atoms in total. The first-order valence-corrected chi connectivity index (χ1v) is 12.1. The molecule has 1 saturated carbocycles. The molecule has 0 saturated heterocycles. The van der Waals surface area contributed by atoms with E-state index in [0.717, 1.165) is 24.7 Å². The summed E-state index contributed by atoms with van der Waals surface area (Å²) in [6.45, 7) is 14.5. The summed E-state index contributed by atoms with van der Waals surface area (Å²) in [7, 11) is 0. The van der Waals surface area contributed by atoms with Crippen molar-refractivity contribution in [1.82, 2.24) is 0 Å². The van der Waals surface area contributed by atoms with Gasteiger partial charge in [0.05, 0.1) is 6.61 Å². The Kier molecular flexibility index (Phi) is 7.85. The van der Waals surface area contributed by atoms with Gasteiger partial charge in [-0.3, -0.25) is 0 Å². The molecule has 2 atom stereocenters. The van der Waals surface area contributed by atoms with Gasteiger partial charge < -0.3 is 9.47 Å². The molecule has 2 heteroatoms. The number of benzene rings is 2. The molecular formula is C28H42O2. The third kappa shape index (κ3) is 5.78. The second-order valence-electron chi connectivity index (χ2n) is 10.6. The van der Waals surface area contributed by atoms with Crippen LogP contribution in [0.25, 0.3) is 10.8 Å². The van der Waals surface area contributed by atoms with Crippen molar-refractivity contribution in [3.8, 4) is 5.75 Å². The van der Waals surface area contributed by atoms with E-state index in [1.807, 2.05) is 6.92 Å². The molecule has 30 heavy (non-hydrogen) atoms. The Hall–Kier alpha value is -1.54. The molecule has 0 spiro atoms. The summed E-state index contributed by atoms with van der Waals surface area (Å²) in [5, 5.41) is 2.49. The summed E-state index contributed by atoms with van der Waals surface area (Å²) in [4.78, 5) is 0. The molecule has 2 aromatic carbocycles. The van der Waals surface area contributed by atoms with E-state index in [1.54, 1.807) is 0 Å². The van der Waals surface area contributed by atoms with Gasteiger partial charge in [-0.15, -0.1) is 0 Å². The van der Waals surface area contributed by atoms with Gasteiger partial charge in [-0.1, -0.05) is 97.1 Å². The summed E-state index contributed by atoms with van der Waals surface area (Å²) in [5.41, 5.74) is 1.63. The van der Waals surface area contributed by atoms with Gasteiger partial charge in [-0.25, -0.2) is 0 Å². The molecule has 0 heterocycles. The van der Waals surface area contributed by atoms with Gasteiger partial charge in [0, 0.05) is 5.39 Å². The van der Waals surface area contributed by atoms with Crippen LogP contribution in [0.2, 0.25) is 0 Å². The van der Waals surface area contributed by atoms with Crippen molar-refractivity contribution in [3.05, 3.63) is 42.0 Å². The van der Waals surface area contributed by atoms with Crippen LogP contribution in [0.4, 0.5) is 0 Å². The predicted octanol–water partition coefficient (Wildman–Crippen LogP) is 8.34. The van der Waals surface area contributed by atoms with Gasteiger partial charge >= 0.3 is 0 Å². The van der Waals surface area contributed by atoms with Crippen LogP contribution in [0.3, 0.4) is 0 Å². The number of fused-ring (bicyclic) bond motifs is 1. The average Bonchev–Trinajstić information content (AvgIpc) is 2.68. The van der Waals surface area contributed by atoms with E-state index in [-0.39, 0.29) is 11.7 Å². The Morgan fingerprint density at radius 3 is 2.23 bits per heavy atom. The molecule has 0 radical (unpaired) electrons. The molecule has 166 valence electrons. The lowest BCUT2D eigenvalue weighted by atomic mass is 9.69. The van der Waals surface area contributed by atoms with Crippen LogP contribution >= 0.6 is 0 Å². The maximum absolute atomic E-state index is 6.28. The van der Waals surface area contributed by atoms with Crippen LogP contribution in [0, 0.1) is 17.3 Å². The van der Waals surface area contributed by atoms with Crippen LogP contribution in [-0.2, 0) is 4.74 Å². The highest BCUT2D eigenvalue weighted by molar-refractivity contribution is 5.91. The van der Waals surface area contributed by atoms with E-state index in [1.165, 1.54) is 48.4 Å². The monoisotopic (exact) mass is 410 g/mol. The molecular weight excluding hydrogens is 368 g/mol. The van der Waals surface area contributed by atoms with Gasteiger partial charge in [0.1, 0.15) is 5.75 Å². The summed E-state index contributed by atoms with van der Waals surface area (Å²) in [5.74, 6) is 2.83. The minimum Gasteiger partial charge on any atom is -0.465 e. The largest absolute Gasteiger partial charge is 0.465 e. The van der Waals surface area contributed by atoms with Gasteiger partial charge in [0.15, 0.2) is 6.29 Å². The SMILES string of the molecule is CC(OCCC1CCCCC1)Oc1cccc2c(C(C(C)C)C(C)(C)C)cccc12. The van der Waals surface area contributed by atoms with Crippen LogP contribution in [-0.4, -0.2) is 12.9 Å². The van der Waals surface area contributed by atoms with Gasteiger partial charge in [0.25, 0.3) is 0 Å². The number of rotatable bonds is 8. The summed E-state index contributed by atoms with van der Waals surface area (Å²) >= 11 is 0. The first-order valence-electron chi connectivity index (χ1n) is 12.1. The van der Waals surface area contributed by atoms with Crippen LogP contribution in [0.1, 0.15) is 91.5 Å². The number of hydrogen-bond acceptors (Lipinski definition) is 2. The Morgan fingerprint density at radius 1 is 0.900 bits per heavy atom. The Labute approximate surface area is 184 Å². The normalized spacial score (nSPS) is 18.0. The van der Waals surface area contributed by atoms with Crippen molar-refractivity contribution in [2.45, 2.75) is 92.3 Å². The number of hydrogen-bond donors (Lipinski definition) is 0. The molecule has 1 aliphatic rings. The van der Waals surface area contributed by atoms with Crippen molar-refractivity contribution in [1.29, 1.82) is 0 Å². The van der Waals surface area contributed by atoms with E-state index < -0.39 is 0 Å². The summed E-state index contributed by atoms with van der Waals surface area (Å²) < 4.78 is 12.3. The lowest BCUT2D eigenvalue weighted by Crippen LogP contribution is -2.23. The minimum atomic E-state index is -0.230. The molecule has 3 rings (SSSR count). The zero-order valence-corrected chi connectivity index (χ0v) is 20.0. The van der Waals surface area contributed by atoms with Crippen molar-refractivity contribution >= 4 is 10.8 Å². The average molecular weight is 411 g/mol. The minimum absolute atomic E-state index is 0.203. The summed E-state index contributed by atoms with van der Waals surface area (Å²) in [6.07, 6.45) is 7.86. The molecule has 1 fully saturated rings. The first kappa shape index (κ1) is 23.1. The molecule has 1 aliphatic carbocycles. The second-order valence-corrected chi connectivity index (χ2v) is 10.6. The Balaban J connectivity index is 1.73. The van der Waals surface area contributed by atoms with Crippen molar-refractivity contribution in [3.63, 3.8) is 0 Å². The van der Waals surface area contributed by atoms with E-state index >= 15 is 0 Å². The Morgan fingerprint density at radius 2 is 1.57 bits per heavy atom. The fourth-order valence-electron chi connectivity index (χ4n) is 5.59. The third-order valence-corrected chi connectivity index (χ3v) is 6.75. The topological polar surface area (TPSA) is 18.5 Å². The number of ether oxygens (including phenoxy) is 2. The van der Waals surface area contributed by atoms with Crippen LogP contribution in [0.15, 0.2) is 36.4 Å². The van der Waals surface area contributed by atoms with Crippen molar-refractivity contribution in [2.75, 3.05) is 6.61 Å². The lowest BCUT2D eigenvalue weighted by molar-refractivity contribution is -0.0703. The van der Waals surface area contributed by atoms with E-state index in [9.17, 15) is 0 Å².